The molecule has 3 rings (SSSR count). The van der Waals surface area contributed by atoms with Crippen molar-refractivity contribution in [2.45, 2.75) is 65.3 Å². The van der Waals surface area contributed by atoms with Gasteiger partial charge in [0.05, 0.1) is 5.92 Å². The molecule has 2 unspecified atom stereocenters. The molecule has 4 heteroatoms. The highest BCUT2D eigenvalue weighted by Crippen LogP contribution is 2.33. The SMILES string of the molecule is CCc1cccc(C)c1N1CC(C(=O)N2CCCCC2CC)CC1=O. The fourth-order valence-electron chi connectivity index (χ4n) is 4.43. The highest BCUT2D eigenvalue weighted by atomic mass is 16.2. The lowest BCUT2D eigenvalue weighted by Gasteiger charge is -2.36. The van der Waals surface area contributed by atoms with Gasteiger partial charge in [-0.05, 0) is 50.2 Å². The van der Waals surface area contributed by atoms with Gasteiger partial charge < -0.3 is 9.80 Å². The zero-order valence-electron chi connectivity index (χ0n) is 15.8. The van der Waals surface area contributed by atoms with Crippen LogP contribution < -0.4 is 4.90 Å². The van der Waals surface area contributed by atoms with Crippen LogP contribution in [0.4, 0.5) is 5.69 Å². The van der Waals surface area contributed by atoms with Crippen LogP contribution in [0, 0.1) is 12.8 Å². The molecular weight excluding hydrogens is 312 g/mol. The number of benzene rings is 1. The normalized spacial score (nSPS) is 24.0. The summed E-state index contributed by atoms with van der Waals surface area (Å²) in [5.74, 6) is 0.0883. The second-order valence-corrected chi connectivity index (χ2v) is 7.43. The Bertz CT molecular complexity index is 655. The maximum absolute atomic E-state index is 13.1. The molecule has 0 saturated carbocycles. The van der Waals surface area contributed by atoms with Crippen molar-refractivity contribution in [3.63, 3.8) is 0 Å². The van der Waals surface area contributed by atoms with E-state index in [1.807, 2.05) is 11.0 Å². The quantitative estimate of drug-likeness (QED) is 0.837. The van der Waals surface area contributed by atoms with Crippen LogP contribution in [-0.4, -0.2) is 35.8 Å². The first-order valence-electron chi connectivity index (χ1n) is 9.76. The molecule has 2 aliphatic heterocycles. The van der Waals surface area contributed by atoms with E-state index >= 15 is 0 Å². The maximum Gasteiger partial charge on any atom is 0.228 e. The molecule has 25 heavy (non-hydrogen) atoms. The van der Waals surface area contributed by atoms with Crippen molar-refractivity contribution in [2.24, 2.45) is 5.92 Å². The number of hydrogen-bond donors (Lipinski definition) is 0. The number of amides is 2. The van der Waals surface area contributed by atoms with Crippen molar-refractivity contribution in [1.82, 2.24) is 4.90 Å². The Morgan fingerprint density at radius 2 is 2.04 bits per heavy atom. The van der Waals surface area contributed by atoms with Gasteiger partial charge in [0.2, 0.25) is 11.8 Å². The lowest BCUT2D eigenvalue weighted by molar-refractivity contribution is -0.139. The maximum atomic E-state index is 13.1. The average Bonchev–Trinajstić information content (AvgIpc) is 3.02. The van der Waals surface area contributed by atoms with Crippen LogP contribution in [-0.2, 0) is 16.0 Å². The third kappa shape index (κ3) is 3.44. The molecule has 0 radical (unpaired) electrons. The highest BCUT2D eigenvalue weighted by Gasteiger charge is 2.39. The van der Waals surface area contributed by atoms with Crippen LogP contribution in [0.25, 0.3) is 0 Å². The molecule has 1 aromatic carbocycles. The second kappa shape index (κ2) is 7.59. The first kappa shape index (κ1) is 18.0. The molecule has 0 N–H and O–H groups in total. The summed E-state index contributed by atoms with van der Waals surface area (Å²) in [5, 5.41) is 0. The van der Waals surface area contributed by atoms with Crippen LogP contribution >= 0.6 is 0 Å². The molecule has 0 spiro atoms. The fourth-order valence-corrected chi connectivity index (χ4v) is 4.43. The topological polar surface area (TPSA) is 40.6 Å². The van der Waals surface area contributed by atoms with E-state index in [4.69, 9.17) is 0 Å². The van der Waals surface area contributed by atoms with Gasteiger partial charge >= 0.3 is 0 Å². The van der Waals surface area contributed by atoms with Crippen molar-refractivity contribution in [3.8, 4) is 0 Å². The number of nitrogens with zero attached hydrogens (tertiary/aromatic N) is 2. The van der Waals surface area contributed by atoms with Crippen molar-refractivity contribution in [1.29, 1.82) is 0 Å². The summed E-state index contributed by atoms with van der Waals surface area (Å²) in [4.78, 5) is 29.7. The summed E-state index contributed by atoms with van der Waals surface area (Å²) in [6.45, 7) is 7.70. The van der Waals surface area contributed by atoms with E-state index < -0.39 is 0 Å². The van der Waals surface area contributed by atoms with Gasteiger partial charge in [-0.3, -0.25) is 9.59 Å². The number of carbonyl (C=O) groups excluding carboxylic acids is 2. The molecule has 0 bridgehead atoms. The summed E-state index contributed by atoms with van der Waals surface area (Å²) in [6, 6.07) is 6.53. The van der Waals surface area contributed by atoms with Crippen LogP contribution in [0.3, 0.4) is 0 Å². The van der Waals surface area contributed by atoms with Crippen LogP contribution in [0.1, 0.15) is 57.1 Å². The Labute approximate surface area is 151 Å². The summed E-state index contributed by atoms with van der Waals surface area (Å²) in [7, 11) is 0. The summed E-state index contributed by atoms with van der Waals surface area (Å²) in [5.41, 5.74) is 3.33. The Kier molecular flexibility index (Phi) is 5.45. The van der Waals surface area contributed by atoms with Crippen LogP contribution in [0.5, 0.6) is 0 Å². The monoisotopic (exact) mass is 342 g/mol. The van der Waals surface area contributed by atoms with Gasteiger partial charge in [0.25, 0.3) is 0 Å². The van der Waals surface area contributed by atoms with E-state index in [0.717, 1.165) is 43.5 Å². The molecule has 2 aliphatic rings. The molecule has 0 aromatic heterocycles. The first-order valence-corrected chi connectivity index (χ1v) is 9.76. The summed E-state index contributed by atoms with van der Waals surface area (Å²) < 4.78 is 0. The molecular formula is C21H30N2O2. The van der Waals surface area contributed by atoms with Gasteiger partial charge in [-0.15, -0.1) is 0 Å². The first-order chi connectivity index (χ1) is 12.1. The lowest BCUT2D eigenvalue weighted by atomic mass is 9.97. The van der Waals surface area contributed by atoms with E-state index in [0.29, 0.717) is 19.0 Å². The van der Waals surface area contributed by atoms with E-state index in [9.17, 15) is 9.59 Å². The van der Waals surface area contributed by atoms with E-state index in [1.165, 1.54) is 12.0 Å². The minimum Gasteiger partial charge on any atom is -0.339 e. The number of para-hydroxylation sites is 1. The third-order valence-corrected chi connectivity index (χ3v) is 5.83. The minimum atomic E-state index is -0.191. The predicted octanol–water partition coefficient (Wildman–Crippen LogP) is 3.70. The Hall–Kier alpha value is -1.84. The average molecular weight is 342 g/mol. The number of rotatable bonds is 4. The molecule has 2 saturated heterocycles. The fraction of sp³-hybridized carbons (Fsp3) is 0.619. The molecule has 136 valence electrons. The summed E-state index contributed by atoms with van der Waals surface area (Å²) in [6.07, 6.45) is 5.65. The van der Waals surface area contributed by atoms with Crippen LogP contribution in [0.15, 0.2) is 18.2 Å². The Morgan fingerprint density at radius 3 is 2.76 bits per heavy atom. The number of hydrogen-bond acceptors (Lipinski definition) is 2. The van der Waals surface area contributed by atoms with Gasteiger partial charge in [-0.25, -0.2) is 0 Å². The van der Waals surface area contributed by atoms with Gasteiger partial charge in [0.15, 0.2) is 0 Å². The molecule has 2 amide bonds. The number of likely N-dealkylation sites (tertiary alicyclic amines) is 1. The van der Waals surface area contributed by atoms with Crippen molar-refractivity contribution < 1.29 is 9.59 Å². The smallest absolute Gasteiger partial charge is 0.228 e. The summed E-state index contributed by atoms with van der Waals surface area (Å²) >= 11 is 0. The van der Waals surface area contributed by atoms with E-state index in [2.05, 4.69) is 37.8 Å². The molecule has 4 nitrogen and oxygen atoms in total. The lowest BCUT2D eigenvalue weighted by Crippen LogP contribution is -2.46. The standard InChI is InChI=1S/C21H30N2O2/c1-4-16-10-8-9-15(3)20(16)23-14-17(13-19(23)24)21(25)22-12-7-6-11-18(22)5-2/h8-10,17-18H,4-7,11-14H2,1-3H3. The molecule has 2 heterocycles. The van der Waals surface area contributed by atoms with E-state index in [-0.39, 0.29) is 17.7 Å². The minimum absolute atomic E-state index is 0.0902. The van der Waals surface area contributed by atoms with Gasteiger partial charge in [-0.2, -0.15) is 0 Å². The van der Waals surface area contributed by atoms with Crippen molar-refractivity contribution in [3.05, 3.63) is 29.3 Å². The van der Waals surface area contributed by atoms with Crippen molar-refractivity contribution in [2.75, 3.05) is 18.0 Å². The van der Waals surface area contributed by atoms with E-state index in [1.54, 1.807) is 0 Å². The Balaban J connectivity index is 1.80. The third-order valence-electron chi connectivity index (χ3n) is 5.83. The second-order valence-electron chi connectivity index (χ2n) is 7.43. The largest absolute Gasteiger partial charge is 0.339 e. The van der Waals surface area contributed by atoms with Crippen molar-refractivity contribution >= 4 is 17.5 Å². The molecule has 0 aliphatic carbocycles. The number of piperidine rings is 1. The highest BCUT2D eigenvalue weighted by molar-refractivity contribution is 6.01. The number of anilines is 1. The molecule has 2 atom stereocenters. The predicted molar refractivity (Wildman–Crippen MR) is 101 cm³/mol. The molecule has 1 aromatic rings. The zero-order valence-corrected chi connectivity index (χ0v) is 15.8. The number of carbonyl (C=O) groups is 2. The van der Waals surface area contributed by atoms with Gasteiger partial charge in [-0.1, -0.05) is 32.0 Å². The zero-order chi connectivity index (χ0) is 18.0. The molecule has 2 fully saturated rings. The number of aryl methyl sites for hydroxylation is 2. The Morgan fingerprint density at radius 1 is 1.24 bits per heavy atom. The van der Waals surface area contributed by atoms with Gasteiger partial charge in [0.1, 0.15) is 0 Å². The van der Waals surface area contributed by atoms with Crippen LogP contribution in [0.2, 0.25) is 0 Å². The van der Waals surface area contributed by atoms with Gasteiger partial charge in [0, 0.05) is 31.2 Å².